The highest BCUT2D eigenvalue weighted by Crippen LogP contribution is 2.47. The van der Waals surface area contributed by atoms with Gasteiger partial charge in [0.2, 0.25) is 5.91 Å². The summed E-state index contributed by atoms with van der Waals surface area (Å²) in [5.41, 5.74) is 1.15. The molecule has 1 aliphatic carbocycles. The van der Waals surface area contributed by atoms with Gasteiger partial charge in [-0.25, -0.2) is 4.79 Å². The molecule has 4 heteroatoms. The zero-order chi connectivity index (χ0) is 13.1. The van der Waals surface area contributed by atoms with Crippen molar-refractivity contribution >= 4 is 11.9 Å². The summed E-state index contributed by atoms with van der Waals surface area (Å²) in [6.07, 6.45) is 1.22. The quantitative estimate of drug-likeness (QED) is 0.833. The first kappa shape index (κ1) is 12.6. The van der Waals surface area contributed by atoms with Crippen LogP contribution in [0, 0.1) is 5.92 Å². The van der Waals surface area contributed by atoms with E-state index in [0.717, 1.165) is 12.0 Å². The van der Waals surface area contributed by atoms with Crippen LogP contribution in [-0.2, 0) is 9.59 Å². The van der Waals surface area contributed by atoms with Crippen molar-refractivity contribution in [1.29, 1.82) is 0 Å². The number of nitrogens with one attached hydrogen (secondary N) is 1. The minimum Gasteiger partial charge on any atom is -0.480 e. The van der Waals surface area contributed by atoms with Crippen molar-refractivity contribution in [1.82, 2.24) is 5.32 Å². The highest BCUT2D eigenvalue weighted by atomic mass is 16.4. The molecule has 0 heterocycles. The Bertz CT molecular complexity index is 444. The fourth-order valence-corrected chi connectivity index (χ4v) is 2.17. The van der Waals surface area contributed by atoms with Gasteiger partial charge in [-0.15, -0.1) is 0 Å². The lowest BCUT2D eigenvalue weighted by atomic mass is 10.1. The zero-order valence-electron chi connectivity index (χ0n) is 10.3. The Morgan fingerprint density at radius 1 is 1.39 bits per heavy atom. The Morgan fingerprint density at radius 3 is 2.61 bits per heavy atom. The van der Waals surface area contributed by atoms with Crippen molar-refractivity contribution in [2.45, 2.75) is 31.7 Å². The van der Waals surface area contributed by atoms with E-state index in [4.69, 9.17) is 5.11 Å². The lowest BCUT2D eigenvalue weighted by Gasteiger charge is -2.12. The van der Waals surface area contributed by atoms with Crippen molar-refractivity contribution in [2.24, 2.45) is 5.92 Å². The fourth-order valence-electron chi connectivity index (χ4n) is 2.17. The fraction of sp³-hybridized carbons (Fsp3) is 0.429. The number of benzene rings is 1. The molecule has 4 nitrogen and oxygen atoms in total. The van der Waals surface area contributed by atoms with Crippen LogP contribution in [0.5, 0.6) is 0 Å². The van der Waals surface area contributed by atoms with Gasteiger partial charge in [-0.1, -0.05) is 37.3 Å². The van der Waals surface area contributed by atoms with Gasteiger partial charge in [0.15, 0.2) is 0 Å². The summed E-state index contributed by atoms with van der Waals surface area (Å²) in [5, 5.41) is 11.5. The minimum absolute atomic E-state index is 0.0687. The van der Waals surface area contributed by atoms with Gasteiger partial charge in [-0.05, 0) is 24.3 Å². The Balaban J connectivity index is 1.92. The molecule has 2 rings (SSSR count). The van der Waals surface area contributed by atoms with E-state index in [9.17, 15) is 9.59 Å². The van der Waals surface area contributed by atoms with Gasteiger partial charge in [0.25, 0.3) is 0 Å². The van der Waals surface area contributed by atoms with Crippen molar-refractivity contribution in [3.05, 3.63) is 35.9 Å². The van der Waals surface area contributed by atoms with Crippen LogP contribution in [0.25, 0.3) is 0 Å². The first-order valence-corrected chi connectivity index (χ1v) is 6.21. The minimum atomic E-state index is -0.970. The average Bonchev–Trinajstić information content (AvgIpc) is 3.16. The molecule has 2 unspecified atom stereocenters. The van der Waals surface area contributed by atoms with Crippen molar-refractivity contribution in [3.8, 4) is 0 Å². The van der Waals surface area contributed by atoms with Gasteiger partial charge in [0.05, 0.1) is 0 Å². The average molecular weight is 247 g/mol. The SMILES string of the molecule is CC[C@H](NC(=O)C1CC1c1ccccc1)C(=O)O. The molecule has 0 aliphatic heterocycles. The topological polar surface area (TPSA) is 66.4 Å². The molecule has 96 valence electrons. The van der Waals surface area contributed by atoms with Crippen molar-refractivity contribution < 1.29 is 14.7 Å². The summed E-state index contributed by atoms with van der Waals surface area (Å²) in [5.74, 6) is -0.931. The van der Waals surface area contributed by atoms with Crippen LogP contribution in [0.4, 0.5) is 0 Å². The van der Waals surface area contributed by atoms with E-state index in [2.05, 4.69) is 5.32 Å². The normalized spacial score (nSPS) is 23.2. The third kappa shape index (κ3) is 2.70. The molecule has 1 fully saturated rings. The Kier molecular flexibility index (Phi) is 3.65. The van der Waals surface area contributed by atoms with Crippen LogP contribution < -0.4 is 5.32 Å². The summed E-state index contributed by atoms with van der Waals surface area (Å²) in [4.78, 5) is 22.7. The standard InChI is InChI=1S/C14H17NO3/c1-2-12(14(17)18)15-13(16)11-8-10(11)9-6-4-3-5-7-9/h3-7,10-12H,2,8H2,1H3,(H,15,16)(H,17,18)/t10?,11?,12-/m0/s1. The predicted molar refractivity (Wildman–Crippen MR) is 67.1 cm³/mol. The van der Waals surface area contributed by atoms with E-state index in [0.29, 0.717) is 6.42 Å². The van der Waals surface area contributed by atoms with E-state index in [-0.39, 0.29) is 17.7 Å². The van der Waals surface area contributed by atoms with Crippen molar-refractivity contribution in [2.75, 3.05) is 0 Å². The summed E-state index contributed by atoms with van der Waals surface area (Å²) >= 11 is 0. The highest BCUT2D eigenvalue weighted by molar-refractivity contribution is 5.87. The third-order valence-corrected chi connectivity index (χ3v) is 3.38. The van der Waals surface area contributed by atoms with Crippen molar-refractivity contribution in [3.63, 3.8) is 0 Å². The Morgan fingerprint density at radius 2 is 2.06 bits per heavy atom. The predicted octanol–water partition coefficient (Wildman–Crippen LogP) is 1.77. The van der Waals surface area contributed by atoms with Gasteiger partial charge in [-0.2, -0.15) is 0 Å². The largest absolute Gasteiger partial charge is 0.480 e. The number of hydrogen-bond donors (Lipinski definition) is 2. The summed E-state index contributed by atoms with van der Waals surface area (Å²) in [6.45, 7) is 1.75. The molecule has 1 amide bonds. The Labute approximate surface area is 106 Å². The van der Waals surface area contributed by atoms with Crippen LogP contribution >= 0.6 is 0 Å². The molecule has 2 N–H and O–H groups in total. The molecule has 0 aromatic heterocycles. The number of carbonyl (C=O) groups is 2. The van der Waals surface area contributed by atoms with Gasteiger partial charge in [0, 0.05) is 5.92 Å². The van der Waals surface area contributed by atoms with Gasteiger partial charge >= 0.3 is 5.97 Å². The number of carbonyl (C=O) groups excluding carboxylic acids is 1. The van der Waals surface area contributed by atoms with E-state index in [1.54, 1.807) is 6.92 Å². The Hall–Kier alpha value is -1.84. The number of aliphatic carboxylic acids is 1. The molecule has 1 aromatic rings. The number of carboxylic acids is 1. The second-order valence-electron chi connectivity index (χ2n) is 4.67. The highest BCUT2D eigenvalue weighted by Gasteiger charge is 2.44. The molecule has 0 saturated heterocycles. The van der Waals surface area contributed by atoms with E-state index in [1.165, 1.54) is 0 Å². The molecule has 1 aliphatic rings. The van der Waals surface area contributed by atoms with E-state index < -0.39 is 12.0 Å². The molecule has 0 radical (unpaired) electrons. The molecular formula is C14H17NO3. The van der Waals surface area contributed by atoms with Crippen LogP contribution in [0.2, 0.25) is 0 Å². The van der Waals surface area contributed by atoms with E-state index >= 15 is 0 Å². The molecule has 0 bridgehead atoms. The summed E-state index contributed by atoms with van der Waals surface area (Å²) in [6, 6.07) is 9.09. The maximum Gasteiger partial charge on any atom is 0.326 e. The lowest BCUT2D eigenvalue weighted by molar-refractivity contribution is -0.142. The number of amides is 1. The van der Waals surface area contributed by atoms with Crippen LogP contribution in [0.15, 0.2) is 30.3 Å². The second-order valence-corrected chi connectivity index (χ2v) is 4.67. The molecule has 3 atom stereocenters. The zero-order valence-corrected chi connectivity index (χ0v) is 10.3. The monoisotopic (exact) mass is 247 g/mol. The molecule has 0 spiro atoms. The molecular weight excluding hydrogens is 230 g/mol. The number of carboxylic acid groups (broad SMARTS) is 1. The smallest absolute Gasteiger partial charge is 0.326 e. The maximum atomic E-state index is 11.9. The van der Waals surface area contributed by atoms with Crippen LogP contribution in [0.3, 0.4) is 0 Å². The lowest BCUT2D eigenvalue weighted by Crippen LogP contribution is -2.41. The summed E-state index contributed by atoms with van der Waals surface area (Å²) in [7, 11) is 0. The maximum absolute atomic E-state index is 11.9. The molecule has 18 heavy (non-hydrogen) atoms. The number of hydrogen-bond acceptors (Lipinski definition) is 2. The van der Waals surface area contributed by atoms with Gasteiger partial charge in [-0.3, -0.25) is 4.79 Å². The third-order valence-electron chi connectivity index (χ3n) is 3.38. The van der Waals surface area contributed by atoms with Gasteiger partial charge < -0.3 is 10.4 Å². The molecule has 1 saturated carbocycles. The first-order valence-electron chi connectivity index (χ1n) is 6.21. The number of rotatable bonds is 5. The van der Waals surface area contributed by atoms with Gasteiger partial charge in [0.1, 0.15) is 6.04 Å². The molecule has 1 aromatic carbocycles. The van der Waals surface area contributed by atoms with E-state index in [1.807, 2.05) is 30.3 Å². The first-order chi connectivity index (χ1) is 8.63. The summed E-state index contributed by atoms with van der Waals surface area (Å²) < 4.78 is 0. The van der Waals surface area contributed by atoms with Crippen LogP contribution in [-0.4, -0.2) is 23.0 Å². The van der Waals surface area contributed by atoms with Crippen LogP contribution in [0.1, 0.15) is 31.2 Å². The second kappa shape index (κ2) is 5.21.